The number of fused-ring (bicyclic) bond motifs is 2. The Morgan fingerprint density at radius 3 is 2.92 bits per heavy atom. The summed E-state index contributed by atoms with van der Waals surface area (Å²) < 4.78 is 13.4. The number of nitrogens with one attached hydrogen (secondary N) is 2. The molecule has 4 nitrogen and oxygen atoms in total. The first kappa shape index (κ1) is 14.7. The Morgan fingerprint density at radius 1 is 1.12 bits per heavy atom. The molecule has 1 aliphatic heterocycles. The van der Waals surface area contributed by atoms with Crippen LogP contribution in [0.3, 0.4) is 0 Å². The van der Waals surface area contributed by atoms with E-state index in [0.717, 1.165) is 46.3 Å². The molecule has 2 N–H and O–H groups in total. The second-order valence-corrected chi connectivity index (χ2v) is 6.84. The second kappa shape index (κ2) is 5.70. The van der Waals surface area contributed by atoms with E-state index in [0.29, 0.717) is 13.0 Å². The first-order chi connectivity index (χ1) is 12.3. The molecule has 1 atom stereocenters. The Hall–Kier alpha value is -2.66. The summed E-state index contributed by atoms with van der Waals surface area (Å²) in [7, 11) is 0. The van der Waals surface area contributed by atoms with Gasteiger partial charge in [0.05, 0.1) is 11.2 Å². The molecule has 126 valence electrons. The summed E-state index contributed by atoms with van der Waals surface area (Å²) in [5, 5.41) is 9.83. The third kappa shape index (κ3) is 2.61. The van der Waals surface area contributed by atoms with Crippen molar-refractivity contribution in [3.05, 3.63) is 54.1 Å². The van der Waals surface area contributed by atoms with Gasteiger partial charge in [0.2, 0.25) is 0 Å². The number of hydrogen-bond donors (Lipinski definition) is 2. The van der Waals surface area contributed by atoms with E-state index in [-0.39, 0.29) is 0 Å². The lowest BCUT2D eigenvalue weighted by molar-refractivity contribution is 0.282. The van der Waals surface area contributed by atoms with Crippen molar-refractivity contribution in [2.45, 2.75) is 19.1 Å². The number of likely N-dealkylation sites (tertiary alicyclic amines) is 1. The van der Waals surface area contributed by atoms with E-state index in [1.54, 1.807) is 0 Å². The highest BCUT2D eigenvalue weighted by Gasteiger charge is 2.21. The molecule has 0 spiro atoms. The number of halogens is 1. The highest BCUT2D eigenvalue weighted by atomic mass is 19.1. The van der Waals surface area contributed by atoms with Crippen molar-refractivity contribution < 1.29 is 4.39 Å². The zero-order valence-electron chi connectivity index (χ0n) is 13.8. The molecule has 0 unspecified atom stereocenters. The second-order valence-electron chi connectivity index (χ2n) is 6.84. The lowest BCUT2D eigenvalue weighted by Crippen LogP contribution is -2.20. The van der Waals surface area contributed by atoms with Crippen molar-refractivity contribution >= 4 is 21.8 Å². The molecule has 0 radical (unpaired) electrons. The van der Waals surface area contributed by atoms with E-state index in [2.05, 4.69) is 50.4 Å². The van der Waals surface area contributed by atoms with Gasteiger partial charge >= 0.3 is 0 Å². The summed E-state index contributed by atoms with van der Waals surface area (Å²) in [6.45, 7) is 2.20. The highest BCUT2D eigenvalue weighted by Crippen LogP contribution is 2.29. The number of benzene rings is 2. The van der Waals surface area contributed by atoms with Crippen LogP contribution in [-0.4, -0.2) is 39.3 Å². The van der Waals surface area contributed by atoms with Gasteiger partial charge in [-0.3, -0.25) is 10.00 Å². The lowest BCUT2D eigenvalue weighted by atomic mass is 10.1. The third-order valence-corrected chi connectivity index (χ3v) is 5.03. The Balaban J connectivity index is 1.49. The van der Waals surface area contributed by atoms with Gasteiger partial charge in [0, 0.05) is 35.9 Å². The van der Waals surface area contributed by atoms with Gasteiger partial charge in [0.25, 0.3) is 0 Å². The van der Waals surface area contributed by atoms with Crippen LogP contribution in [0.25, 0.3) is 33.2 Å². The Morgan fingerprint density at radius 2 is 2.04 bits per heavy atom. The normalized spacial score (nSPS) is 18.5. The minimum absolute atomic E-state index is 0.551. The maximum atomic E-state index is 13.4. The Labute approximate surface area is 144 Å². The fraction of sp³-hybridized carbons (Fsp3) is 0.250. The van der Waals surface area contributed by atoms with Gasteiger partial charge in [-0.05, 0) is 36.2 Å². The van der Waals surface area contributed by atoms with Crippen molar-refractivity contribution in [3.63, 3.8) is 0 Å². The minimum Gasteiger partial charge on any atom is -0.353 e. The van der Waals surface area contributed by atoms with E-state index in [1.807, 2.05) is 18.2 Å². The molecule has 2 aromatic heterocycles. The smallest absolute Gasteiger partial charge is 0.116 e. The van der Waals surface area contributed by atoms with E-state index >= 15 is 0 Å². The SMILES string of the molecule is F[C@@H]1CCN(Cc2ccc3[nH]c(-c4n[nH]c5ccccc45)cc3c2)C1. The van der Waals surface area contributed by atoms with Crippen LogP contribution in [0.15, 0.2) is 48.5 Å². The zero-order valence-corrected chi connectivity index (χ0v) is 13.8. The van der Waals surface area contributed by atoms with Crippen molar-refractivity contribution in [1.82, 2.24) is 20.1 Å². The molecule has 2 aromatic carbocycles. The van der Waals surface area contributed by atoms with Crippen molar-refractivity contribution in [1.29, 1.82) is 0 Å². The monoisotopic (exact) mass is 334 g/mol. The fourth-order valence-electron chi connectivity index (χ4n) is 3.76. The molecule has 5 heteroatoms. The topological polar surface area (TPSA) is 47.7 Å². The van der Waals surface area contributed by atoms with Crippen LogP contribution in [0.2, 0.25) is 0 Å². The number of nitrogens with zero attached hydrogens (tertiary/aromatic N) is 2. The summed E-state index contributed by atoms with van der Waals surface area (Å²) in [5.41, 5.74) is 5.30. The summed E-state index contributed by atoms with van der Waals surface area (Å²) in [4.78, 5) is 5.64. The average molecular weight is 334 g/mol. The number of alkyl halides is 1. The number of aromatic nitrogens is 3. The molecule has 0 aliphatic carbocycles. The van der Waals surface area contributed by atoms with Crippen LogP contribution in [-0.2, 0) is 6.54 Å². The molecule has 25 heavy (non-hydrogen) atoms. The molecule has 1 fully saturated rings. The molecular formula is C20H19FN4. The first-order valence-corrected chi connectivity index (χ1v) is 8.68. The summed E-state index contributed by atoms with van der Waals surface area (Å²) in [6.07, 6.45) is -0.0153. The van der Waals surface area contributed by atoms with Crippen LogP contribution < -0.4 is 0 Å². The lowest BCUT2D eigenvalue weighted by Gasteiger charge is -2.14. The van der Waals surface area contributed by atoms with Crippen LogP contribution in [0.4, 0.5) is 4.39 Å². The molecular weight excluding hydrogens is 315 g/mol. The number of aromatic amines is 2. The van der Waals surface area contributed by atoms with Crippen molar-refractivity contribution in [2.75, 3.05) is 13.1 Å². The maximum Gasteiger partial charge on any atom is 0.116 e. The number of para-hydroxylation sites is 1. The minimum atomic E-state index is -0.671. The predicted octanol–water partition coefficient (Wildman–Crippen LogP) is 4.26. The summed E-state index contributed by atoms with van der Waals surface area (Å²) >= 11 is 0. The first-order valence-electron chi connectivity index (χ1n) is 8.68. The van der Waals surface area contributed by atoms with Crippen LogP contribution >= 0.6 is 0 Å². The van der Waals surface area contributed by atoms with Crippen LogP contribution in [0.5, 0.6) is 0 Å². The van der Waals surface area contributed by atoms with E-state index < -0.39 is 6.17 Å². The van der Waals surface area contributed by atoms with E-state index in [1.165, 1.54) is 5.56 Å². The molecule has 0 saturated carbocycles. The molecule has 5 rings (SSSR count). The maximum absolute atomic E-state index is 13.4. The van der Waals surface area contributed by atoms with E-state index in [9.17, 15) is 4.39 Å². The average Bonchev–Trinajstić information content (AvgIpc) is 3.32. The standard InChI is InChI=1S/C20H19FN4/c21-15-7-8-25(12-15)11-13-5-6-17-14(9-13)10-19(22-17)20-16-3-1-2-4-18(16)23-24-20/h1-6,9-10,15,22H,7-8,11-12H2,(H,23,24)/t15-/m1/s1. The van der Waals surface area contributed by atoms with Crippen LogP contribution in [0, 0.1) is 0 Å². The Kier molecular flexibility index (Phi) is 3.35. The van der Waals surface area contributed by atoms with Gasteiger partial charge in [0.1, 0.15) is 11.9 Å². The molecule has 1 aliphatic rings. The van der Waals surface area contributed by atoms with Crippen LogP contribution in [0.1, 0.15) is 12.0 Å². The molecule has 3 heterocycles. The van der Waals surface area contributed by atoms with Gasteiger partial charge in [-0.25, -0.2) is 4.39 Å². The van der Waals surface area contributed by atoms with Crippen molar-refractivity contribution in [3.8, 4) is 11.4 Å². The zero-order chi connectivity index (χ0) is 16.8. The quantitative estimate of drug-likeness (QED) is 0.588. The number of hydrogen-bond acceptors (Lipinski definition) is 2. The van der Waals surface area contributed by atoms with Gasteiger partial charge in [-0.1, -0.05) is 24.3 Å². The molecule has 0 amide bonds. The van der Waals surface area contributed by atoms with Gasteiger partial charge in [-0.15, -0.1) is 0 Å². The van der Waals surface area contributed by atoms with Gasteiger partial charge in [-0.2, -0.15) is 5.10 Å². The molecule has 0 bridgehead atoms. The number of rotatable bonds is 3. The van der Waals surface area contributed by atoms with Crippen molar-refractivity contribution in [2.24, 2.45) is 0 Å². The van der Waals surface area contributed by atoms with Gasteiger partial charge < -0.3 is 4.98 Å². The largest absolute Gasteiger partial charge is 0.353 e. The number of H-pyrrole nitrogens is 2. The highest BCUT2D eigenvalue weighted by molar-refractivity contribution is 5.95. The predicted molar refractivity (Wildman–Crippen MR) is 98.2 cm³/mol. The van der Waals surface area contributed by atoms with E-state index in [4.69, 9.17) is 0 Å². The molecule has 1 saturated heterocycles. The summed E-state index contributed by atoms with van der Waals surface area (Å²) in [6, 6.07) is 16.7. The Bertz CT molecular complexity index is 1050. The third-order valence-electron chi connectivity index (χ3n) is 5.03. The fourth-order valence-corrected chi connectivity index (χ4v) is 3.76. The van der Waals surface area contributed by atoms with Gasteiger partial charge in [0.15, 0.2) is 0 Å². The molecule has 4 aromatic rings. The summed E-state index contributed by atoms with van der Waals surface area (Å²) in [5.74, 6) is 0.